The van der Waals surface area contributed by atoms with Crippen LogP contribution in [-0.4, -0.2) is 47.1 Å². The predicted octanol–water partition coefficient (Wildman–Crippen LogP) is 3.34. The molecule has 1 saturated heterocycles. The minimum atomic E-state index is -0.213. The number of piperidine rings is 1. The molecule has 170 valence electrons. The van der Waals surface area contributed by atoms with Crippen molar-refractivity contribution in [2.24, 2.45) is 5.92 Å². The van der Waals surface area contributed by atoms with E-state index in [1.165, 1.54) is 6.92 Å². The molecule has 32 heavy (non-hydrogen) atoms. The van der Waals surface area contributed by atoms with Gasteiger partial charge in [0.2, 0.25) is 11.8 Å². The van der Waals surface area contributed by atoms with Gasteiger partial charge in [0.25, 0.3) is 0 Å². The average Bonchev–Trinajstić information content (AvgIpc) is 2.80. The van der Waals surface area contributed by atoms with Gasteiger partial charge in [-0.2, -0.15) is 0 Å². The van der Waals surface area contributed by atoms with E-state index >= 15 is 0 Å². The Balaban J connectivity index is 1.37. The second kappa shape index (κ2) is 10.1. The number of aliphatic hydroxyl groups is 1. The molecule has 1 saturated carbocycles. The highest BCUT2D eigenvalue weighted by Gasteiger charge is 2.29. The first kappa shape index (κ1) is 22.3. The number of pyridine rings is 1. The van der Waals surface area contributed by atoms with Gasteiger partial charge >= 0.3 is 0 Å². The highest BCUT2D eigenvalue weighted by molar-refractivity contribution is 5.89. The Morgan fingerprint density at radius 2 is 1.88 bits per heavy atom. The number of rotatable bonds is 5. The molecule has 0 unspecified atom stereocenters. The number of nitrogens with one attached hydrogen (secondary N) is 2. The highest BCUT2D eigenvalue weighted by atomic mass is 16.3. The molecule has 2 aliphatic rings. The molecule has 1 aromatic carbocycles. The van der Waals surface area contributed by atoms with Crippen molar-refractivity contribution in [1.82, 2.24) is 10.3 Å². The van der Waals surface area contributed by atoms with Gasteiger partial charge in [0.1, 0.15) is 5.82 Å². The molecule has 4 rings (SSSR count). The van der Waals surface area contributed by atoms with Crippen LogP contribution in [0, 0.1) is 5.92 Å². The third-order valence-electron chi connectivity index (χ3n) is 6.42. The van der Waals surface area contributed by atoms with Gasteiger partial charge < -0.3 is 20.6 Å². The SMILES string of the molecule is CC(=O)Nc1cccc(-c2ccc(N3CCC[C@H](C(=O)NC4CCC(O)CC4)C3)nc2)c1. The summed E-state index contributed by atoms with van der Waals surface area (Å²) in [5.41, 5.74) is 2.73. The normalized spacial score (nSPS) is 23.4. The second-order valence-electron chi connectivity index (χ2n) is 8.97. The highest BCUT2D eigenvalue weighted by Crippen LogP contribution is 2.27. The Bertz CT molecular complexity index is 938. The number of carbonyl (C=O) groups excluding carboxylic acids is 2. The standard InChI is InChI=1S/C25H32N4O3/c1-17(30)27-22-6-2-4-18(14-22)19-7-12-24(26-15-19)29-13-3-5-20(16-29)25(32)28-21-8-10-23(31)11-9-21/h2,4,6-7,12,14-15,20-21,23,31H,3,5,8-11,13,16H2,1H3,(H,27,30)(H,28,32)/t20-,21?,23?/m0/s1. The number of aromatic nitrogens is 1. The summed E-state index contributed by atoms with van der Waals surface area (Å²) in [5.74, 6) is 0.874. The summed E-state index contributed by atoms with van der Waals surface area (Å²) in [6.45, 7) is 3.06. The third kappa shape index (κ3) is 5.65. The first-order chi connectivity index (χ1) is 15.5. The van der Waals surface area contributed by atoms with Crippen molar-refractivity contribution in [3.05, 3.63) is 42.6 Å². The molecule has 2 amide bonds. The van der Waals surface area contributed by atoms with E-state index in [0.717, 1.165) is 67.7 Å². The summed E-state index contributed by atoms with van der Waals surface area (Å²) in [6.07, 6.45) is 6.74. The van der Waals surface area contributed by atoms with Crippen LogP contribution < -0.4 is 15.5 Å². The largest absolute Gasteiger partial charge is 0.393 e. The predicted molar refractivity (Wildman–Crippen MR) is 125 cm³/mol. The van der Waals surface area contributed by atoms with E-state index in [-0.39, 0.29) is 29.9 Å². The number of nitrogens with zero attached hydrogens (tertiary/aromatic N) is 2. The van der Waals surface area contributed by atoms with Gasteiger partial charge in [-0.1, -0.05) is 12.1 Å². The minimum absolute atomic E-state index is 0.0357. The number of hydrogen-bond donors (Lipinski definition) is 3. The quantitative estimate of drug-likeness (QED) is 0.668. The summed E-state index contributed by atoms with van der Waals surface area (Å²) < 4.78 is 0. The lowest BCUT2D eigenvalue weighted by molar-refractivity contribution is -0.126. The topological polar surface area (TPSA) is 94.6 Å². The third-order valence-corrected chi connectivity index (χ3v) is 6.42. The molecule has 2 aromatic rings. The van der Waals surface area contributed by atoms with E-state index in [4.69, 9.17) is 0 Å². The van der Waals surface area contributed by atoms with Crippen molar-refractivity contribution < 1.29 is 14.7 Å². The van der Waals surface area contributed by atoms with E-state index in [0.29, 0.717) is 6.54 Å². The van der Waals surface area contributed by atoms with Crippen molar-refractivity contribution in [2.45, 2.75) is 57.6 Å². The smallest absolute Gasteiger partial charge is 0.225 e. The molecule has 1 aromatic heterocycles. The summed E-state index contributed by atoms with van der Waals surface area (Å²) in [7, 11) is 0. The van der Waals surface area contributed by atoms with Crippen LogP contribution in [0.2, 0.25) is 0 Å². The van der Waals surface area contributed by atoms with Crippen LogP contribution in [0.1, 0.15) is 45.4 Å². The average molecular weight is 437 g/mol. The van der Waals surface area contributed by atoms with Crippen molar-refractivity contribution >= 4 is 23.3 Å². The van der Waals surface area contributed by atoms with E-state index in [9.17, 15) is 14.7 Å². The Hall–Kier alpha value is -2.93. The number of aliphatic hydroxyl groups excluding tert-OH is 1. The van der Waals surface area contributed by atoms with Crippen molar-refractivity contribution in [3.63, 3.8) is 0 Å². The van der Waals surface area contributed by atoms with Gasteiger partial charge in [-0.3, -0.25) is 9.59 Å². The first-order valence-corrected chi connectivity index (χ1v) is 11.6. The number of carbonyl (C=O) groups is 2. The lowest BCUT2D eigenvalue weighted by Crippen LogP contribution is -2.47. The van der Waals surface area contributed by atoms with Gasteiger partial charge in [-0.05, 0) is 68.4 Å². The summed E-state index contributed by atoms with van der Waals surface area (Å²) in [5, 5.41) is 15.7. The molecule has 1 aliphatic heterocycles. The van der Waals surface area contributed by atoms with Crippen LogP contribution in [0.3, 0.4) is 0 Å². The molecular weight excluding hydrogens is 404 g/mol. The molecule has 1 aliphatic carbocycles. The van der Waals surface area contributed by atoms with Crippen molar-refractivity contribution in [3.8, 4) is 11.1 Å². The van der Waals surface area contributed by atoms with Crippen molar-refractivity contribution in [2.75, 3.05) is 23.3 Å². The van der Waals surface area contributed by atoms with E-state index in [1.807, 2.05) is 42.6 Å². The van der Waals surface area contributed by atoms with Crippen LogP contribution in [0.25, 0.3) is 11.1 Å². The number of anilines is 2. The van der Waals surface area contributed by atoms with Gasteiger partial charge in [0.15, 0.2) is 0 Å². The zero-order valence-corrected chi connectivity index (χ0v) is 18.6. The van der Waals surface area contributed by atoms with Gasteiger partial charge in [0, 0.05) is 43.5 Å². The molecule has 3 N–H and O–H groups in total. The number of benzene rings is 1. The zero-order chi connectivity index (χ0) is 22.5. The zero-order valence-electron chi connectivity index (χ0n) is 18.6. The molecule has 2 fully saturated rings. The Labute approximate surface area is 189 Å². The maximum absolute atomic E-state index is 12.8. The molecule has 7 nitrogen and oxygen atoms in total. The monoisotopic (exact) mass is 436 g/mol. The Morgan fingerprint density at radius 3 is 2.59 bits per heavy atom. The molecular formula is C25H32N4O3. The van der Waals surface area contributed by atoms with Gasteiger partial charge in [-0.25, -0.2) is 4.98 Å². The summed E-state index contributed by atoms with van der Waals surface area (Å²) >= 11 is 0. The lowest BCUT2D eigenvalue weighted by Gasteiger charge is -2.34. The summed E-state index contributed by atoms with van der Waals surface area (Å²) in [6, 6.07) is 11.9. The maximum Gasteiger partial charge on any atom is 0.225 e. The number of amides is 2. The minimum Gasteiger partial charge on any atom is -0.393 e. The van der Waals surface area contributed by atoms with Crippen LogP contribution in [0.4, 0.5) is 11.5 Å². The van der Waals surface area contributed by atoms with Crippen LogP contribution in [0.15, 0.2) is 42.6 Å². The second-order valence-corrected chi connectivity index (χ2v) is 8.97. The van der Waals surface area contributed by atoms with Crippen LogP contribution in [0.5, 0.6) is 0 Å². The van der Waals surface area contributed by atoms with Crippen LogP contribution in [-0.2, 0) is 9.59 Å². The molecule has 0 spiro atoms. The number of hydrogen-bond acceptors (Lipinski definition) is 5. The van der Waals surface area contributed by atoms with E-state index in [1.54, 1.807) is 0 Å². The van der Waals surface area contributed by atoms with E-state index in [2.05, 4.69) is 20.5 Å². The van der Waals surface area contributed by atoms with Gasteiger partial charge in [-0.15, -0.1) is 0 Å². The fraction of sp³-hybridized carbons (Fsp3) is 0.480. The van der Waals surface area contributed by atoms with Gasteiger partial charge in [0.05, 0.1) is 12.0 Å². The first-order valence-electron chi connectivity index (χ1n) is 11.6. The molecule has 1 atom stereocenters. The molecule has 7 heteroatoms. The summed E-state index contributed by atoms with van der Waals surface area (Å²) in [4.78, 5) is 31.0. The Kier molecular flexibility index (Phi) is 7.05. The van der Waals surface area contributed by atoms with Crippen LogP contribution >= 0.6 is 0 Å². The lowest BCUT2D eigenvalue weighted by atomic mass is 9.91. The van der Waals surface area contributed by atoms with E-state index < -0.39 is 0 Å². The fourth-order valence-corrected chi connectivity index (χ4v) is 4.66. The molecule has 0 bridgehead atoms. The maximum atomic E-state index is 12.8. The Morgan fingerprint density at radius 1 is 1.06 bits per heavy atom. The van der Waals surface area contributed by atoms with Crippen molar-refractivity contribution in [1.29, 1.82) is 0 Å². The molecule has 0 radical (unpaired) electrons. The molecule has 2 heterocycles. The fourth-order valence-electron chi connectivity index (χ4n) is 4.66.